The molecule has 1 N–H and O–H groups in total. The Morgan fingerprint density at radius 1 is 1.04 bits per heavy atom. The van der Waals surface area contributed by atoms with Crippen LogP contribution in [0.3, 0.4) is 0 Å². The maximum Gasteiger partial charge on any atom is 0.262 e. The average molecular weight is 379 g/mol. The Morgan fingerprint density at radius 2 is 1.86 bits per heavy atom. The first-order valence-electron chi connectivity index (χ1n) is 8.38. The SMILES string of the molecule is O=C(COc1ccc2oc(-c3ccco3)cc(=O)c2c1)Nc1ccc(F)cc1. The van der Waals surface area contributed by atoms with Crippen molar-refractivity contribution in [1.29, 1.82) is 0 Å². The molecule has 0 atom stereocenters. The van der Waals surface area contributed by atoms with Crippen molar-refractivity contribution in [3.8, 4) is 17.3 Å². The van der Waals surface area contributed by atoms with Gasteiger partial charge in [0.1, 0.15) is 17.1 Å². The first kappa shape index (κ1) is 17.5. The van der Waals surface area contributed by atoms with E-state index in [4.69, 9.17) is 13.6 Å². The Kier molecular flexibility index (Phi) is 4.63. The summed E-state index contributed by atoms with van der Waals surface area (Å²) in [6.45, 7) is -0.265. The standard InChI is InChI=1S/C21H14FNO5/c22-13-3-5-14(6-4-13)23-21(25)12-27-15-7-8-18-16(10-15)17(24)11-20(28-18)19-2-1-9-26-19/h1-11H,12H2,(H,23,25). The minimum atomic E-state index is -0.410. The van der Waals surface area contributed by atoms with E-state index in [2.05, 4.69) is 5.32 Å². The zero-order valence-electron chi connectivity index (χ0n) is 14.5. The largest absolute Gasteiger partial charge is 0.484 e. The Bertz CT molecular complexity index is 1180. The summed E-state index contributed by atoms with van der Waals surface area (Å²) in [4.78, 5) is 24.3. The molecule has 0 spiro atoms. The molecule has 2 heterocycles. The topological polar surface area (TPSA) is 81.7 Å². The second kappa shape index (κ2) is 7.40. The van der Waals surface area contributed by atoms with E-state index in [1.165, 1.54) is 42.7 Å². The molecule has 2 aromatic carbocycles. The lowest BCUT2D eigenvalue weighted by Gasteiger charge is -2.08. The van der Waals surface area contributed by atoms with Gasteiger partial charge in [0.25, 0.3) is 5.91 Å². The molecule has 28 heavy (non-hydrogen) atoms. The second-order valence-electron chi connectivity index (χ2n) is 5.95. The Labute approximate surface area is 158 Å². The van der Waals surface area contributed by atoms with Gasteiger partial charge in [-0.05, 0) is 54.6 Å². The fourth-order valence-corrected chi connectivity index (χ4v) is 2.64. The summed E-state index contributed by atoms with van der Waals surface area (Å²) in [6, 6.07) is 14.8. The maximum absolute atomic E-state index is 12.9. The summed E-state index contributed by atoms with van der Waals surface area (Å²) >= 11 is 0. The van der Waals surface area contributed by atoms with Gasteiger partial charge in [-0.25, -0.2) is 4.39 Å². The van der Waals surface area contributed by atoms with Gasteiger partial charge >= 0.3 is 0 Å². The number of halogens is 1. The number of ether oxygens (including phenoxy) is 1. The minimum absolute atomic E-state index is 0.256. The average Bonchev–Trinajstić information content (AvgIpc) is 3.23. The van der Waals surface area contributed by atoms with Crippen LogP contribution in [0, 0.1) is 5.82 Å². The number of nitrogens with one attached hydrogen (secondary N) is 1. The zero-order valence-corrected chi connectivity index (χ0v) is 14.5. The number of furan rings is 1. The van der Waals surface area contributed by atoms with Gasteiger partial charge in [-0.3, -0.25) is 9.59 Å². The van der Waals surface area contributed by atoms with E-state index in [1.807, 2.05) is 0 Å². The van der Waals surface area contributed by atoms with Crippen molar-refractivity contribution >= 4 is 22.6 Å². The number of benzene rings is 2. The van der Waals surface area contributed by atoms with Gasteiger partial charge in [0.2, 0.25) is 0 Å². The summed E-state index contributed by atoms with van der Waals surface area (Å²) < 4.78 is 29.3. The highest BCUT2D eigenvalue weighted by Gasteiger charge is 2.11. The van der Waals surface area contributed by atoms with Crippen molar-refractivity contribution < 1.29 is 22.8 Å². The summed E-state index contributed by atoms with van der Waals surface area (Å²) in [5.41, 5.74) is 0.579. The van der Waals surface area contributed by atoms with E-state index in [0.717, 1.165) is 0 Å². The molecule has 0 aliphatic rings. The molecule has 0 fully saturated rings. The molecule has 6 nitrogen and oxygen atoms in total. The Balaban J connectivity index is 1.48. The van der Waals surface area contributed by atoms with E-state index in [1.54, 1.807) is 24.3 Å². The first-order valence-corrected chi connectivity index (χ1v) is 8.38. The van der Waals surface area contributed by atoms with E-state index < -0.39 is 5.91 Å². The third-order valence-corrected chi connectivity index (χ3v) is 3.96. The minimum Gasteiger partial charge on any atom is -0.484 e. The Morgan fingerprint density at radius 3 is 2.61 bits per heavy atom. The number of rotatable bonds is 5. The maximum atomic E-state index is 12.9. The van der Waals surface area contributed by atoms with E-state index in [0.29, 0.717) is 33.9 Å². The predicted octanol–water partition coefficient (Wildman–Crippen LogP) is 4.21. The molecule has 7 heteroatoms. The number of hydrogen-bond donors (Lipinski definition) is 1. The molecule has 0 saturated heterocycles. The van der Waals surface area contributed by atoms with E-state index >= 15 is 0 Å². The van der Waals surface area contributed by atoms with Crippen molar-refractivity contribution in [2.75, 3.05) is 11.9 Å². The van der Waals surface area contributed by atoms with Crippen LogP contribution in [0.15, 0.2) is 80.6 Å². The highest BCUT2D eigenvalue weighted by Crippen LogP contribution is 2.25. The van der Waals surface area contributed by atoms with Crippen molar-refractivity contribution in [3.05, 3.63) is 83.0 Å². The lowest BCUT2D eigenvalue weighted by Crippen LogP contribution is -2.20. The molecule has 140 valence electrons. The summed E-state index contributed by atoms with van der Waals surface area (Å²) in [5.74, 6) is 0.331. The van der Waals surface area contributed by atoms with Crippen molar-refractivity contribution in [2.24, 2.45) is 0 Å². The zero-order chi connectivity index (χ0) is 19.5. The van der Waals surface area contributed by atoms with Crippen molar-refractivity contribution in [3.63, 3.8) is 0 Å². The smallest absolute Gasteiger partial charge is 0.262 e. The lowest BCUT2D eigenvalue weighted by atomic mass is 10.2. The predicted molar refractivity (Wildman–Crippen MR) is 101 cm³/mol. The van der Waals surface area contributed by atoms with Crippen LogP contribution in [0.4, 0.5) is 10.1 Å². The molecule has 0 radical (unpaired) electrons. The quantitative estimate of drug-likeness (QED) is 0.562. The normalized spacial score (nSPS) is 10.8. The number of amides is 1. The fraction of sp³-hybridized carbons (Fsp3) is 0.0476. The number of fused-ring (bicyclic) bond motifs is 1. The number of carbonyl (C=O) groups excluding carboxylic acids is 1. The van der Waals surface area contributed by atoms with Crippen LogP contribution in [-0.4, -0.2) is 12.5 Å². The first-order chi connectivity index (χ1) is 13.6. The lowest BCUT2D eigenvalue weighted by molar-refractivity contribution is -0.118. The van der Waals surface area contributed by atoms with Crippen LogP contribution >= 0.6 is 0 Å². The van der Waals surface area contributed by atoms with Crippen LogP contribution in [0.5, 0.6) is 5.75 Å². The van der Waals surface area contributed by atoms with Crippen LogP contribution in [0.2, 0.25) is 0 Å². The molecule has 0 bridgehead atoms. The highest BCUT2D eigenvalue weighted by atomic mass is 19.1. The highest BCUT2D eigenvalue weighted by molar-refractivity contribution is 5.91. The van der Waals surface area contributed by atoms with Gasteiger partial charge in [-0.2, -0.15) is 0 Å². The molecule has 0 aliphatic carbocycles. The van der Waals surface area contributed by atoms with E-state index in [-0.39, 0.29) is 17.9 Å². The molecule has 0 unspecified atom stereocenters. The second-order valence-corrected chi connectivity index (χ2v) is 5.95. The molecular weight excluding hydrogens is 365 g/mol. The van der Waals surface area contributed by atoms with Crippen LogP contribution in [0.1, 0.15) is 0 Å². The summed E-state index contributed by atoms with van der Waals surface area (Å²) in [5, 5.41) is 2.92. The van der Waals surface area contributed by atoms with Gasteiger partial charge in [-0.15, -0.1) is 0 Å². The molecule has 2 aromatic heterocycles. The number of anilines is 1. The van der Waals surface area contributed by atoms with Crippen molar-refractivity contribution in [2.45, 2.75) is 0 Å². The van der Waals surface area contributed by atoms with Crippen LogP contribution in [0.25, 0.3) is 22.5 Å². The van der Waals surface area contributed by atoms with Gasteiger partial charge in [0.05, 0.1) is 11.6 Å². The van der Waals surface area contributed by atoms with Crippen molar-refractivity contribution in [1.82, 2.24) is 0 Å². The third-order valence-electron chi connectivity index (χ3n) is 3.96. The Hall–Kier alpha value is -3.87. The number of carbonyl (C=O) groups is 1. The molecule has 4 rings (SSSR count). The summed E-state index contributed by atoms with van der Waals surface area (Å²) in [7, 11) is 0. The van der Waals surface area contributed by atoms with Gasteiger partial charge in [0.15, 0.2) is 23.6 Å². The van der Waals surface area contributed by atoms with Crippen LogP contribution in [-0.2, 0) is 4.79 Å². The molecule has 4 aromatic rings. The van der Waals surface area contributed by atoms with E-state index in [9.17, 15) is 14.0 Å². The molecular formula is C21H14FNO5. The van der Waals surface area contributed by atoms with Crippen LogP contribution < -0.4 is 15.5 Å². The van der Waals surface area contributed by atoms with Gasteiger partial charge in [0, 0.05) is 11.8 Å². The third kappa shape index (κ3) is 3.78. The molecule has 0 saturated carbocycles. The summed E-state index contributed by atoms with van der Waals surface area (Å²) in [6.07, 6.45) is 1.49. The number of hydrogen-bond acceptors (Lipinski definition) is 5. The van der Waals surface area contributed by atoms with Gasteiger partial charge in [-0.1, -0.05) is 0 Å². The fourth-order valence-electron chi connectivity index (χ4n) is 2.64. The molecule has 0 aliphatic heterocycles. The molecule has 1 amide bonds. The monoisotopic (exact) mass is 379 g/mol. The van der Waals surface area contributed by atoms with Gasteiger partial charge < -0.3 is 18.9 Å².